The molecule has 1 unspecified atom stereocenters. The minimum Gasteiger partial charge on any atom is -0.481 e. The summed E-state index contributed by atoms with van der Waals surface area (Å²) in [6.07, 6.45) is 4.87. The molecule has 10 heteroatoms. The monoisotopic (exact) mass is 417 g/mol. The Morgan fingerprint density at radius 3 is 2.87 bits per heavy atom. The molecule has 9 nitrogen and oxygen atoms in total. The van der Waals surface area contributed by atoms with Crippen LogP contribution >= 0.6 is 0 Å². The van der Waals surface area contributed by atoms with Gasteiger partial charge in [0.15, 0.2) is 12.1 Å². The van der Waals surface area contributed by atoms with Crippen LogP contribution in [0.3, 0.4) is 0 Å². The summed E-state index contributed by atoms with van der Waals surface area (Å²) in [5.74, 6) is -1.29. The predicted octanol–water partition coefficient (Wildman–Crippen LogP) is 1.27. The van der Waals surface area contributed by atoms with Gasteiger partial charge in [0.2, 0.25) is 0 Å². The number of allylic oxidation sites excluding steroid dienone is 1. The summed E-state index contributed by atoms with van der Waals surface area (Å²) in [5.41, 5.74) is 0.829. The van der Waals surface area contributed by atoms with Crippen molar-refractivity contribution in [3.8, 4) is 0 Å². The summed E-state index contributed by atoms with van der Waals surface area (Å²) in [5, 5.41) is 15.5. The van der Waals surface area contributed by atoms with Crippen molar-refractivity contribution in [2.24, 2.45) is 10.9 Å². The Morgan fingerprint density at radius 2 is 2.13 bits per heavy atom. The smallest absolute Gasteiger partial charge is 0.306 e. The number of aliphatic carboxylic acids is 1. The van der Waals surface area contributed by atoms with Crippen molar-refractivity contribution in [3.63, 3.8) is 0 Å². The SMILES string of the molecule is O=C(O)C1CCC(NC2N=CC(F)=C(c3ccnc(N4CCOCC4=O)c3)N2)CC1. The summed E-state index contributed by atoms with van der Waals surface area (Å²) >= 11 is 0. The summed E-state index contributed by atoms with van der Waals surface area (Å²) in [6.45, 7) is 0.828. The number of morpholine rings is 1. The second kappa shape index (κ2) is 8.88. The van der Waals surface area contributed by atoms with Crippen LogP contribution in [0.4, 0.5) is 10.2 Å². The number of carboxylic acid groups (broad SMARTS) is 1. The maximum absolute atomic E-state index is 14.5. The first-order valence-corrected chi connectivity index (χ1v) is 10.0. The predicted molar refractivity (Wildman–Crippen MR) is 107 cm³/mol. The van der Waals surface area contributed by atoms with E-state index in [1.165, 1.54) is 17.3 Å². The molecule has 1 amide bonds. The summed E-state index contributed by atoms with van der Waals surface area (Å²) in [4.78, 5) is 33.1. The molecule has 3 heterocycles. The van der Waals surface area contributed by atoms with Gasteiger partial charge in [-0.05, 0) is 37.8 Å². The molecule has 1 saturated heterocycles. The highest BCUT2D eigenvalue weighted by molar-refractivity contribution is 5.95. The van der Waals surface area contributed by atoms with Crippen LogP contribution in [0.15, 0.2) is 29.1 Å². The van der Waals surface area contributed by atoms with Crippen LogP contribution in [0.25, 0.3) is 5.70 Å². The average molecular weight is 417 g/mol. The maximum atomic E-state index is 14.5. The number of hydrogen-bond donors (Lipinski definition) is 3. The van der Waals surface area contributed by atoms with E-state index in [9.17, 15) is 14.0 Å². The molecule has 0 bridgehead atoms. The topological polar surface area (TPSA) is 116 Å². The van der Waals surface area contributed by atoms with Gasteiger partial charge in [0.05, 0.1) is 31.0 Å². The largest absolute Gasteiger partial charge is 0.481 e. The van der Waals surface area contributed by atoms with Crippen LogP contribution < -0.4 is 15.5 Å². The van der Waals surface area contributed by atoms with E-state index in [1.54, 1.807) is 12.1 Å². The molecule has 160 valence electrons. The molecule has 4 rings (SSSR count). The van der Waals surface area contributed by atoms with Gasteiger partial charge in [-0.2, -0.15) is 0 Å². The van der Waals surface area contributed by atoms with Gasteiger partial charge in [-0.1, -0.05) is 0 Å². The number of carbonyl (C=O) groups is 2. The van der Waals surface area contributed by atoms with Crippen LogP contribution in [0.2, 0.25) is 0 Å². The van der Waals surface area contributed by atoms with E-state index in [4.69, 9.17) is 9.84 Å². The molecule has 3 N–H and O–H groups in total. The summed E-state index contributed by atoms with van der Waals surface area (Å²) in [6, 6.07) is 3.45. The molecule has 30 heavy (non-hydrogen) atoms. The Bertz CT molecular complexity index is 882. The molecular weight excluding hydrogens is 393 g/mol. The van der Waals surface area contributed by atoms with Crippen molar-refractivity contribution in [2.75, 3.05) is 24.7 Å². The number of amides is 1. The fourth-order valence-corrected chi connectivity index (χ4v) is 3.97. The Kier molecular flexibility index (Phi) is 6.05. The zero-order valence-electron chi connectivity index (χ0n) is 16.4. The number of nitrogens with zero attached hydrogens (tertiary/aromatic N) is 3. The number of rotatable bonds is 5. The van der Waals surface area contributed by atoms with E-state index in [0.717, 1.165) is 12.8 Å². The highest BCUT2D eigenvalue weighted by Crippen LogP contribution is 2.26. The van der Waals surface area contributed by atoms with Gasteiger partial charge in [-0.3, -0.25) is 24.8 Å². The van der Waals surface area contributed by atoms with E-state index in [-0.39, 0.29) is 30.2 Å². The van der Waals surface area contributed by atoms with E-state index < -0.39 is 18.1 Å². The van der Waals surface area contributed by atoms with E-state index in [0.29, 0.717) is 37.4 Å². The number of carboxylic acids is 1. The molecule has 1 atom stereocenters. The van der Waals surface area contributed by atoms with Gasteiger partial charge in [0, 0.05) is 17.8 Å². The van der Waals surface area contributed by atoms with Crippen molar-refractivity contribution >= 4 is 29.6 Å². The Balaban J connectivity index is 1.43. The number of ether oxygens (including phenoxy) is 1. The molecular formula is C20H24FN5O4. The molecule has 0 spiro atoms. The number of aliphatic imine (C=N–C) groups is 1. The Labute approximate surface area is 173 Å². The number of halogens is 1. The van der Waals surface area contributed by atoms with Crippen molar-refractivity contribution in [2.45, 2.75) is 38.0 Å². The third-order valence-electron chi connectivity index (χ3n) is 5.62. The van der Waals surface area contributed by atoms with Crippen molar-refractivity contribution in [1.82, 2.24) is 15.6 Å². The lowest BCUT2D eigenvalue weighted by Crippen LogP contribution is -2.48. The van der Waals surface area contributed by atoms with E-state index >= 15 is 0 Å². The lowest BCUT2D eigenvalue weighted by molar-refractivity contribution is -0.142. The van der Waals surface area contributed by atoms with E-state index in [2.05, 4.69) is 20.6 Å². The van der Waals surface area contributed by atoms with Crippen LogP contribution in [0, 0.1) is 5.92 Å². The number of carbonyl (C=O) groups excluding carboxylic acids is 1. The zero-order valence-corrected chi connectivity index (χ0v) is 16.4. The average Bonchev–Trinajstić information content (AvgIpc) is 2.76. The minimum atomic E-state index is -0.748. The minimum absolute atomic E-state index is 0.00396. The third kappa shape index (κ3) is 4.49. The fourth-order valence-electron chi connectivity index (χ4n) is 3.97. The molecule has 2 fully saturated rings. The molecule has 0 radical (unpaired) electrons. The van der Waals surface area contributed by atoms with Crippen LogP contribution in [-0.4, -0.2) is 60.3 Å². The lowest BCUT2D eigenvalue weighted by Gasteiger charge is -2.31. The second-order valence-electron chi connectivity index (χ2n) is 7.60. The van der Waals surface area contributed by atoms with Gasteiger partial charge in [0.25, 0.3) is 5.91 Å². The van der Waals surface area contributed by atoms with Crippen molar-refractivity contribution in [3.05, 3.63) is 29.7 Å². The van der Waals surface area contributed by atoms with Crippen LogP contribution in [-0.2, 0) is 14.3 Å². The van der Waals surface area contributed by atoms with Crippen molar-refractivity contribution in [1.29, 1.82) is 0 Å². The first-order valence-electron chi connectivity index (χ1n) is 10.0. The van der Waals surface area contributed by atoms with Crippen molar-refractivity contribution < 1.29 is 23.8 Å². The normalized spacial score (nSPS) is 27.2. The standard InChI is InChI=1S/C20H24FN5O4/c21-15-10-23-20(24-14-3-1-12(2-4-14)19(28)29)25-18(15)13-5-6-22-16(9-13)26-7-8-30-11-17(26)27/h5-6,9-10,12,14,20,24-25H,1-4,7-8,11H2,(H,28,29). The molecule has 3 aliphatic rings. The summed E-state index contributed by atoms with van der Waals surface area (Å²) < 4.78 is 19.7. The number of pyridine rings is 1. The zero-order chi connectivity index (χ0) is 21.1. The number of nitrogens with one attached hydrogen (secondary N) is 2. The molecule has 0 aromatic carbocycles. The molecule has 1 aromatic rings. The number of aromatic nitrogens is 1. The molecule has 1 aliphatic carbocycles. The van der Waals surface area contributed by atoms with Gasteiger partial charge in [0.1, 0.15) is 12.4 Å². The molecule has 2 aliphatic heterocycles. The Morgan fingerprint density at radius 1 is 1.33 bits per heavy atom. The first kappa shape index (κ1) is 20.4. The second-order valence-corrected chi connectivity index (χ2v) is 7.60. The van der Waals surface area contributed by atoms with Gasteiger partial charge in [-0.25, -0.2) is 9.37 Å². The van der Waals surface area contributed by atoms with Gasteiger partial charge in [-0.15, -0.1) is 0 Å². The quantitative estimate of drug-likeness (QED) is 0.661. The highest BCUT2D eigenvalue weighted by atomic mass is 19.1. The van der Waals surface area contributed by atoms with Crippen LogP contribution in [0.1, 0.15) is 31.2 Å². The molecule has 1 aromatic heterocycles. The van der Waals surface area contributed by atoms with Crippen LogP contribution in [0.5, 0.6) is 0 Å². The fraction of sp³-hybridized carbons (Fsp3) is 0.500. The summed E-state index contributed by atoms with van der Waals surface area (Å²) in [7, 11) is 0. The van der Waals surface area contributed by atoms with E-state index in [1.807, 2.05) is 0 Å². The van der Waals surface area contributed by atoms with Gasteiger partial charge < -0.3 is 15.2 Å². The third-order valence-corrected chi connectivity index (χ3v) is 5.62. The number of anilines is 1. The maximum Gasteiger partial charge on any atom is 0.306 e. The lowest BCUT2D eigenvalue weighted by atomic mass is 9.86. The number of hydrogen-bond acceptors (Lipinski definition) is 7. The first-order chi connectivity index (χ1) is 14.5. The van der Waals surface area contributed by atoms with Gasteiger partial charge >= 0.3 is 5.97 Å². The highest BCUT2D eigenvalue weighted by Gasteiger charge is 2.28. The Hall–Kier alpha value is -2.85. The molecule has 1 saturated carbocycles.